The van der Waals surface area contributed by atoms with Crippen LogP contribution in [-0.2, 0) is 10.0 Å². The van der Waals surface area contributed by atoms with Gasteiger partial charge in [-0.3, -0.25) is 0 Å². The summed E-state index contributed by atoms with van der Waals surface area (Å²) in [5.41, 5.74) is 0. The normalized spacial score (nSPS) is 32.4. The van der Waals surface area contributed by atoms with Gasteiger partial charge in [-0.05, 0) is 37.1 Å². The molecule has 0 radical (unpaired) electrons. The summed E-state index contributed by atoms with van der Waals surface area (Å²) in [4.78, 5) is 0. The quantitative estimate of drug-likeness (QED) is 0.523. The molecular weight excluding hydrogens is 224 g/mol. The van der Waals surface area contributed by atoms with Crippen LogP contribution in [0.5, 0.6) is 0 Å². The van der Waals surface area contributed by atoms with Gasteiger partial charge >= 0.3 is 0 Å². The molecule has 0 saturated heterocycles. The van der Waals surface area contributed by atoms with Crippen LogP contribution in [0.25, 0.3) is 0 Å². The lowest BCUT2D eigenvalue weighted by Crippen LogP contribution is -2.34. The fourth-order valence-corrected chi connectivity index (χ4v) is 3.21. The second-order valence-electron chi connectivity index (χ2n) is 4.91. The van der Waals surface area contributed by atoms with Gasteiger partial charge in [0.15, 0.2) is 0 Å². The van der Waals surface area contributed by atoms with Gasteiger partial charge in [0, 0.05) is 13.1 Å². The second kappa shape index (κ2) is 4.85. The summed E-state index contributed by atoms with van der Waals surface area (Å²) in [6, 6.07) is 0. The van der Waals surface area contributed by atoms with Crippen molar-refractivity contribution in [1.82, 2.24) is 10.0 Å². The van der Waals surface area contributed by atoms with Crippen LogP contribution in [0, 0.1) is 17.8 Å². The first kappa shape index (κ1) is 12.1. The van der Waals surface area contributed by atoms with Gasteiger partial charge in [0.1, 0.15) is 0 Å². The van der Waals surface area contributed by atoms with Crippen LogP contribution in [0.15, 0.2) is 12.2 Å². The van der Waals surface area contributed by atoms with Crippen LogP contribution in [0.4, 0.5) is 0 Å². The maximum atomic E-state index is 10.8. The van der Waals surface area contributed by atoms with Crippen LogP contribution in [0.2, 0.25) is 0 Å². The Morgan fingerprint density at radius 1 is 1.25 bits per heavy atom. The number of allylic oxidation sites excluding steroid dienone is 2. The van der Waals surface area contributed by atoms with Crippen molar-refractivity contribution in [3.8, 4) is 0 Å². The van der Waals surface area contributed by atoms with Crippen molar-refractivity contribution < 1.29 is 8.42 Å². The number of rotatable bonds is 6. The van der Waals surface area contributed by atoms with Crippen molar-refractivity contribution in [3.05, 3.63) is 12.2 Å². The number of sulfonamides is 1. The molecule has 16 heavy (non-hydrogen) atoms. The SMILES string of the molecule is CS(=O)(=O)NCCNCC1CC2C=CC1C2. The fourth-order valence-electron chi connectivity index (χ4n) is 2.74. The van der Waals surface area contributed by atoms with Gasteiger partial charge in [-0.1, -0.05) is 12.2 Å². The Hall–Kier alpha value is -0.390. The fraction of sp³-hybridized carbons (Fsp3) is 0.818. The highest BCUT2D eigenvalue weighted by Gasteiger charge is 2.34. The third-order valence-electron chi connectivity index (χ3n) is 3.49. The first-order valence-corrected chi connectivity index (χ1v) is 7.77. The van der Waals surface area contributed by atoms with E-state index in [1.165, 1.54) is 19.1 Å². The Bertz CT molecular complexity index is 364. The molecule has 0 aromatic heterocycles. The van der Waals surface area contributed by atoms with Gasteiger partial charge in [-0.2, -0.15) is 0 Å². The predicted molar refractivity (Wildman–Crippen MR) is 64.6 cm³/mol. The number of fused-ring (bicyclic) bond motifs is 2. The number of nitrogens with one attached hydrogen (secondary N) is 2. The molecule has 4 nitrogen and oxygen atoms in total. The largest absolute Gasteiger partial charge is 0.315 e. The molecule has 2 rings (SSSR count). The molecule has 0 aliphatic heterocycles. The maximum absolute atomic E-state index is 10.8. The summed E-state index contributed by atoms with van der Waals surface area (Å²) in [7, 11) is -3.03. The van der Waals surface area contributed by atoms with Gasteiger partial charge in [-0.25, -0.2) is 13.1 Å². The zero-order chi connectivity index (χ0) is 11.6. The minimum Gasteiger partial charge on any atom is -0.315 e. The van der Waals surface area contributed by atoms with Gasteiger partial charge in [0.05, 0.1) is 6.26 Å². The third kappa shape index (κ3) is 3.30. The Kier molecular flexibility index (Phi) is 3.66. The lowest BCUT2D eigenvalue weighted by atomic mass is 9.94. The molecule has 1 saturated carbocycles. The molecule has 0 heterocycles. The zero-order valence-corrected chi connectivity index (χ0v) is 10.5. The maximum Gasteiger partial charge on any atom is 0.208 e. The van der Waals surface area contributed by atoms with E-state index < -0.39 is 10.0 Å². The minimum atomic E-state index is -3.03. The van der Waals surface area contributed by atoms with Crippen molar-refractivity contribution >= 4 is 10.0 Å². The summed E-state index contributed by atoms with van der Waals surface area (Å²) in [6.07, 6.45) is 8.50. The van der Waals surface area contributed by atoms with Crippen LogP contribution in [0.1, 0.15) is 12.8 Å². The molecular formula is C11H20N2O2S. The molecule has 2 aliphatic carbocycles. The van der Waals surface area contributed by atoms with Crippen LogP contribution >= 0.6 is 0 Å². The molecule has 0 aromatic rings. The van der Waals surface area contributed by atoms with Crippen LogP contribution < -0.4 is 10.0 Å². The van der Waals surface area contributed by atoms with E-state index in [4.69, 9.17) is 0 Å². The Labute approximate surface area is 97.5 Å². The molecule has 1 fully saturated rings. The second-order valence-corrected chi connectivity index (χ2v) is 6.74. The summed E-state index contributed by atoms with van der Waals surface area (Å²) in [5.74, 6) is 2.33. The minimum absolute atomic E-state index is 0.482. The lowest BCUT2D eigenvalue weighted by Gasteiger charge is -2.18. The average Bonchev–Trinajstić information content (AvgIpc) is 2.76. The first-order chi connectivity index (χ1) is 7.54. The van der Waals surface area contributed by atoms with E-state index in [1.54, 1.807) is 0 Å². The smallest absolute Gasteiger partial charge is 0.208 e. The molecule has 0 aromatic carbocycles. The van der Waals surface area contributed by atoms with E-state index >= 15 is 0 Å². The first-order valence-electron chi connectivity index (χ1n) is 5.88. The van der Waals surface area contributed by atoms with Crippen LogP contribution in [-0.4, -0.2) is 34.3 Å². The van der Waals surface area contributed by atoms with Crippen molar-refractivity contribution in [1.29, 1.82) is 0 Å². The molecule has 0 spiro atoms. The van der Waals surface area contributed by atoms with E-state index in [-0.39, 0.29) is 0 Å². The molecule has 0 amide bonds. The number of hydrogen-bond donors (Lipinski definition) is 2. The Morgan fingerprint density at radius 2 is 2.06 bits per heavy atom. The molecule has 2 bridgehead atoms. The highest BCUT2D eigenvalue weighted by Crippen LogP contribution is 2.42. The highest BCUT2D eigenvalue weighted by molar-refractivity contribution is 7.88. The number of hydrogen-bond acceptors (Lipinski definition) is 3. The topological polar surface area (TPSA) is 58.2 Å². The van der Waals surface area contributed by atoms with E-state index in [1.807, 2.05) is 0 Å². The average molecular weight is 244 g/mol. The van der Waals surface area contributed by atoms with E-state index in [0.29, 0.717) is 13.1 Å². The van der Waals surface area contributed by atoms with Crippen molar-refractivity contribution in [3.63, 3.8) is 0 Å². The van der Waals surface area contributed by atoms with Crippen molar-refractivity contribution in [2.45, 2.75) is 12.8 Å². The van der Waals surface area contributed by atoms with E-state index in [0.717, 1.165) is 24.3 Å². The zero-order valence-electron chi connectivity index (χ0n) is 9.65. The Morgan fingerprint density at radius 3 is 2.62 bits per heavy atom. The monoisotopic (exact) mass is 244 g/mol. The summed E-state index contributed by atoms with van der Waals surface area (Å²) in [6.45, 7) is 2.21. The molecule has 3 atom stereocenters. The summed E-state index contributed by atoms with van der Waals surface area (Å²) >= 11 is 0. The predicted octanol–water partition coefficient (Wildman–Crippen LogP) is 0.337. The van der Waals surface area contributed by atoms with Crippen molar-refractivity contribution in [2.24, 2.45) is 17.8 Å². The summed E-state index contributed by atoms with van der Waals surface area (Å²) in [5, 5.41) is 3.32. The van der Waals surface area contributed by atoms with Crippen LogP contribution in [0.3, 0.4) is 0 Å². The Balaban J connectivity index is 1.57. The van der Waals surface area contributed by atoms with Crippen molar-refractivity contribution in [2.75, 3.05) is 25.9 Å². The van der Waals surface area contributed by atoms with E-state index in [9.17, 15) is 8.42 Å². The molecule has 3 unspecified atom stereocenters. The summed E-state index contributed by atoms with van der Waals surface area (Å²) < 4.78 is 24.1. The molecule has 5 heteroatoms. The third-order valence-corrected chi connectivity index (χ3v) is 4.22. The molecule has 2 aliphatic rings. The standard InChI is InChI=1S/C11H20N2O2S/c1-16(14,15)13-5-4-12-8-11-7-9-2-3-10(11)6-9/h2-3,9-13H,4-8H2,1H3. The van der Waals surface area contributed by atoms with Gasteiger partial charge in [0.2, 0.25) is 10.0 Å². The van der Waals surface area contributed by atoms with E-state index in [2.05, 4.69) is 22.2 Å². The molecule has 92 valence electrons. The van der Waals surface area contributed by atoms with Gasteiger partial charge in [-0.15, -0.1) is 0 Å². The lowest BCUT2D eigenvalue weighted by molar-refractivity contribution is 0.416. The van der Waals surface area contributed by atoms with Gasteiger partial charge < -0.3 is 5.32 Å². The highest BCUT2D eigenvalue weighted by atomic mass is 32.2. The molecule has 2 N–H and O–H groups in total. The van der Waals surface area contributed by atoms with Gasteiger partial charge in [0.25, 0.3) is 0 Å².